The summed E-state index contributed by atoms with van der Waals surface area (Å²) in [6.45, 7) is 7.03. The summed E-state index contributed by atoms with van der Waals surface area (Å²) in [6, 6.07) is 3.97. The molecule has 0 aliphatic heterocycles. The molecule has 0 amide bonds. The van der Waals surface area contributed by atoms with Crippen molar-refractivity contribution in [2.24, 2.45) is 16.7 Å². The van der Waals surface area contributed by atoms with Crippen LogP contribution in [0.3, 0.4) is 0 Å². The van der Waals surface area contributed by atoms with Gasteiger partial charge in [0.1, 0.15) is 5.82 Å². The summed E-state index contributed by atoms with van der Waals surface area (Å²) in [5.74, 6) is 1.79. The van der Waals surface area contributed by atoms with Gasteiger partial charge < -0.3 is 11.1 Å². The van der Waals surface area contributed by atoms with Gasteiger partial charge in [0.25, 0.3) is 0 Å². The summed E-state index contributed by atoms with van der Waals surface area (Å²) in [7, 11) is 0. The number of aryl methyl sites for hydroxylation is 1. The Morgan fingerprint density at radius 1 is 1.10 bits per heavy atom. The number of nitrogens with zero attached hydrogens (tertiary/aromatic N) is 1. The molecule has 1 aromatic heterocycles. The zero-order chi connectivity index (χ0) is 14.9. The fourth-order valence-corrected chi connectivity index (χ4v) is 6.51. The minimum absolute atomic E-state index is 0.220. The molecule has 114 valence electrons. The number of rotatable bonds is 2. The van der Waals surface area contributed by atoms with E-state index in [0.717, 1.165) is 23.1 Å². The smallest absolute Gasteiger partial charge is 0.149 e. The van der Waals surface area contributed by atoms with Gasteiger partial charge in [0, 0.05) is 11.2 Å². The van der Waals surface area contributed by atoms with Crippen LogP contribution in [-0.4, -0.2) is 10.5 Å². The van der Waals surface area contributed by atoms with Crippen molar-refractivity contribution in [3.63, 3.8) is 0 Å². The molecule has 3 N–H and O–H groups in total. The first kappa shape index (κ1) is 13.4. The van der Waals surface area contributed by atoms with Gasteiger partial charge in [-0.1, -0.05) is 13.8 Å². The van der Waals surface area contributed by atoms with Gasteiger partial charge in [-0.25, -0.2) is 4.98 Å². The SMILES string of the molecule is Cc1ccc(N)c(NC23CC4CC(C)(CC(C)(C4)C2)C3)n1. The normalized spacial score (nSPS) is 44.0. The summed E-state index contributed by atoms with van der Waals surface area (Å²) in [4.78, 5) is 4.66. The predicted molar refractivity (Wildman–Crippen MR) is 87.1 cm³/mol. The summed E-state index contributed by atoms with van der Waals surface area (Å²) in [6.07, 6.45) is 8.09. The van der Waals surface area contributed by atoms with Crippen molar-refractivity contribution in [1.29, 1.82) is 0 Å². The van der Waals surface area contributed by atoms with Crippen molar-refractivity contribution in [3.8, 4) is 0 Å². The van der Waals surface area contributed by atoms with Gasteiger partial charge in [0.15, 0.2) is 0 Å². The van der Waals surface area contributed by atoms with Crippen LogP contribution in [0.25, 0.3) is 0 Å². The summed E-state index contributed by atoms with van der Waals surface area (Å²) >= 11 is 0. The highest BCUT2D eigenvalue weighted by Crippen LogP contribution is 2.66. The van der Waals surface area contributed by atoms with Gasteiger partial charge in [0.05, 0.1) is 5.69 Å². The molecule has 2 unspecified atom stereocenters. The third kappa shape index (κ3) is 2.13. The summed E-state index contributed by atoms with van der Waals surface area (Å²) < 4.78 is 0. The van der Waals surface area contributed by atoms with Crippen LogP contribution in [0.15, 0.2) is 12.1 Å². The van der Waals surface area contributed by atoms with Crippen molar-refractivity contribution < 1.29 is 0 Å². The van der Waals surface area contributed by atoms with Gasteiger partial charge >= 0.3 is 0 Å². The Morgan fingerprint density at radius 2 is 1.76 bits per heavy atom. The molecule has 1 heterocycles. The number of pyridine rings is 1. The maximum absolute atomic E-state index is 6.16. The molecule has 3 nitrogen and oxygen atoms in total. The number of anilines is 2. The van der Waals surface area contributed by atoms with E-state index in [0.29, 0.717) is 10.8 Å². The van der Waals surface area contributed by atoms with E-state index in [1.165, 1.54) is 38.5 Å². The van der Waals surface area contributed by atoms with Gasteiger partial charge in [-0.15, -0.1) is 0 Å². The summed E-state index contributed by atoms with van der Waals surface area (Å²) in [5.41, 5.74) is 9.23. The lowest BCUT2D eigenvalue weighted by Gasteiger charge is -2.65. The number of nitrogen functional groups attached to an aromatic ring is 1. The van der Waals surface area contributed by atoms with Crippen LogP contribution in [-0.2, 0) is 0 Å². The Morgan fingerprint density at radius 3 is 2.38 bits per heavy atom. The van der Waals surface area contributed by atoms with Crippen LogP contribution in [0.5, 0.6) is 0 Å². The third-order valence-corrected chi connectivity index (χ3v) is 6.08. The van der Waals surface area contributed by atoms with E-state index >= 15 is 0 Å². The molecule has 21 heavy (non-hydrogen) atoms. The average molecular weight is 285 g/mol. The first-order chi connectivity index (χ1) is 9.79. The van der Waals surface area contributed by atoms with Crippen molar-refractivity contribution in [2.75, 3.05) is 11.1 Å². The number of nitrogens with one attached hydrogen (secondary N) is 1. The van der Waals surface area contributed by atoms with Crippen LogP contribution in [0.4, 0.5) is 11.5 Å². The Balaban J connectivity index is 1.70. The highest BCUT2D eigenvalue weighted by Gasteiger charge is 2.60. The largest absolute Gasteiger partial charge is 0.396 e. The third-order valence-electron chi connectivity index (χ3n) is 6.08. The van der Waals surface area contributed by atoms with Crippen LogP contribution in [0.2, 0.25) is 0 Å². The molecule has 3 heteroatoms. The molecule has 5 rings (SSSR count). The lowest BCUT2D eigenvalue weighted by Crippen LogP contribution is -2.61. The van der Waals surface area contributed by atoms with E-state index < -0.39 is 0 Å². The second-order valence-electron chi connectivity index (χ2n) is 8.93. The summed E-state index contributed by atoms with van der Waals surface area (Å²) in [5, 5.41) is 3.81. The maximum atomic E-state index is 6.16. The number of aromatic nitrogens is 1. The predicted octanol–water partition coefficient (Wildman–Crippen LogP) is 4.13. The quantitative estimate of drug-likeness (QED) is 0.859. The van der Waals surface area contributed by atoms with Crippen LogP contribution in [0.1, 0.15) is 58.1 Å². The van der Waals surface area contributed by atoms with Gasteiger partial charge in [0.2, 0.25) is 0 Å². The molecular formula is C18H27N3. The molecule has 0 aromatic carbocycles. The first-order valence-corrected chi connectivity index (χ1v) is 8.30. The van der Waals surface area contributed by atoms with Crippen LogP contribution < -0.4 is 11.1 Å². The van der Waals surface area contributed by atoms with Gasteiger partial charge in [-0.05, 0) is 74.3 Å². The second kappa shape index (κ2) is 3.93. The van der Waals surface area contributed by atoms with Gasteiger partial charge in [-0.3, -0.25) is 0 Å². The van der Waals surface area contributed by atoms with E-state index in [-0.39, 0.29) is 5.54 Å². The Bertz CT molecular complexity index is 576. The van der Waals surface area contributed by atoms with E-state index in [2.05, 4.69) is 24.1 Å². The Hall–Kier alpha value is -1.25. The number of nitrogens with two attached hydrogens (primary N) is 1. The zero-order valence-corrected chi connectivity index (χ0v) is 13.5. The van der Waals surface area contributed by atoms with Crippen LogP contribution in [0, 0.1) is 23.7 Å². The highest BCUT2D eigenvalue weighted by atomic mass is 15.1. The molecule has 4 fully saturated rings. The van der Waals surface area contributed by atoms with E-state index in [4.69, 9.17) is 5.73 Å². The zero-order valence-electron chi connectivity index (χ0n) is 13.5. The average Bonchev–Trinajstić information content (AvgIpc) is 2.28. The number of hydrogen-bond acceptors (Lipinski definition) is 3. The highest BCUT2D eigenvalue weighted by molar-refractivity contribution is 5.62. The molecule has 4 bridgehead atoms. The molecule has 0 spiro atoms. The first-order valence-electron chi connectivity index (χ1n) is 8.30. The standard InChI is InChI=1S/C18H27N3/c1-12-4-5-14(19)15(20-12)21-18-8-13-6-16(2,10-18)9-17(3,7-13)11-18/h4-5,13H,6-11,19H2,1-3H3,(H,20,21). The lowest BCUT2D eigenvalue weighted by molar-refractivity contribution is -0.0973. The fourth-order valence-electron chi connectivity index (χ4n) is 6.51. The lowest BCUT2D eigenvalue weighted by atomic mass is 9.43. The van der Waals surface area contributed by atoms with Crippen molar-refractivity contribution >= 4 is 11.5 Å². The number of hydrogen-bond donors (Lipinski definition) is 2. The van der Waals surface area contributed by atoms with Crippen molar-refractivity contribution in [3.05, 3.63) is 17.8 Å². The molecule has 4 aliphatic carbocycles. The maximum Gasteiger partial charge on any atom is 0.149 e. The minimum Gasteiger partial charge on any atom is -0.396 e. The molecule has 1 aromatic rings. The second-order valence-corrected chi connectivity index (χ2v) is 8.93. The van der Waals surface area contributed by atoms with E-state index in [1.54, 1.807) is 0 Å². The molecule has 4 aliphatic rings. The Labute approximate surface area is 127 Å². The molecular weight excluding hydrogens is 258 g/mol. The Kier molecular flexibility index (Phi) is 2.51. The van der Waals surface area contributed by atoms with E-state index in [9.17, 15) is 0 Å². The molecule has 4 saturated carbocycles. The van der Waals surface area contributed by atoms with Crippen molar-refractivity contribution in [2.45, 2.75) is 64.8 Å². The minimum atomic E-state index is 0.220. The topological polar surface area (TPSA) is 50.9 Å². The van der Waals surface area contributed by atoms with Crippen molar-refractivity contribution in [1.82, 2.24) is 4.98 Å². The molecule has 0 radical (unpaired) electrons. The monoisotopic (exact) mass is 285 g/mol. The van der Waals surface area contributed by atoms with E-state index in [1.807, 2.05) is 19.1 Å². The van der Waals surface area contributed by atoms with Crippen LogP contribution >= 0.6 is 0 Å². The molecule has 0 saturated heterocycles. The molecule has 2 atom stereocenters. The fraction of sp³-hybridized carbons (Fsp3) is 0.722. The van der Waals surface area contributed by atoms with Gasteiger partial charge in [-0.2, -0.15) is 0 Å².